The standard InChI is InChI=1S/C19H25N5O2/c1-23-8-5-15(11-26-12-16-3-2-6-20-10-16)9-19(23)13-24(14-19)18(25)17-4-7-21-22-17/h2-4,6-7,10,15H,5,8-9,11-14H2,1H3,(H,21,22)/t15-/m0/s1. The Morgan fingerprint density at radius 3 is 3.00 bits per heavy atom. The number of hydrogen-bond acceptors (Lipinski definition) is 5. The second kappa shape index (κ2) is 7.17. The molecule has 7 nitrogen and oxygen atoms in total. The molecule has 0 radical (unpaired) electrons. The van der Waals surface area contributed by atoms with Gasteiger partial charge in [0.05, 0.1) is 12.1 Å². The number of aromatic nitrogens is 3. The summed E-state index contributed by atoms with van der Waals surface area (Å²) >= 11 is 0. The molecule has 1 N–H and O–H groups in total. The topological polar surface area (TPSA) is 74.3 Å². The maximum atomic E-state index is 12.4. The van der Waals surface area contributed by atoms with Gasteiger partial charge in [0.2, 0.25) is 0 Å². The van der Waals surface area contributed by atoms with Crippen molar-refractivity contribution < 1.29 is 9.53 Å². The van der Waals surface area contributed by atoms with Crippen molar-refractivity contribution in [3.05, 3.63) is 48.0 Å². The molecule has 2 fully saturated rings. The maximum absolute atomic E-state index is 12.4. The maximum Gasteiger partial charge on any atom is 0.271 e. The normalized spacial score (nSPS) is 22.3. The molecule has 2 aromatic heterocycles. The third-order valence-electron chi connectivity index (χ3n) is 5.68. The van der Waals surface area contributed by atoms with Crippen LogP contribution in [0.4, 0.5) is 0 Å². The number of carbonyl (C=O) groups excluding carboxylic acids is 1. The minimum absolute atomic E-state index is 0.0384. The van der Waals surface area contributed by atoms with Crippen molar-refractivity contribution in [3.63, 3.8) is 0 Å². The van der Waals surface area contributed by atoms with Crippen molar-refractivity contribution in [2.45, 2.75) is 25.0 Å². The number of likely N-dealkylation sites (N-methyl/N-ethyl adjacent to an activating group) is 1. The average molecular weight is 355 g/mol. The number of likely N-dealkylation sites (tertiary alicyclic amines) is 2. The molecule has 2 aromatic rings. The van der Waals surface area contributed by atoms with Gasteiger partial charge in [-0.25, -0.2) is 0 Å². The molecule has 2 aliphatic heterocycles. The van der Waals surface area contributed by atoms with Crippen molar-refractivity contribution >= 4 is 5.91 Å². The highest BCUT2D eigenvalue weighted by Gasteiger charge is 2.51. The zero-order valence-corrected chi connectivity index (χ0v) is 15.1. The Labute approximate surface area is 153 Å². The summed E-state index contributed by atoms with van der Waals surface area (Å²) in [6.07, 6.45) is 7.45. The van der Waals surface area contributed by atoms with E-state index in [2.05, 4.69) is 27.1 Å². The minimum Gasteiger partial charge on any atom is -0.376 e. The number of rotatable bonds is 5. The molecule has 0 unspecified atom stereocenters. The first-order valence-corrected chi connectivity index (χ1v) is 9.13. The van der Waals surface area contributed by atoms with Crippen LogP contribution in [-0.4, -0.2) is 69.7 Å². The average Bonchev–Trinajstić information content (AvgIpc) is 3.16. The number of amides is 1. The summed E-state index contributed by atoms with van der Waals surface area (Å²) in [5.41, 5.74) is 1.76. The molecule has 1 amide bonds. The second-order valence-corrected chi connectivity index (χ2v) is 7.51. The lowest BCUT2D eigenvalue weighted by Crippen LogP contribution is -2.72. The fraction of sp³-hybridized carbons (Fsp3) is 0.526. The van der Waals surface area contributed by atoms with Gasteiger partial charge in [-0.3, -0.25) is 19.8 Å². The number of H-pyrrole nitrogens is 1. The van der Waals surface area contributed by atoms with Crippen LogP contribution >= 0.6 is 0 Å². The van der Waals surface area contributed by atoms with E-state index < -0.39 is 0 Å². The Morgan fingerprint density at radius 1 is 1.38 bits per heavy atom. The number of ether oxygens (including phenoxy) is 1. The van der Waals surface area contributed by atoms with Crippen LogP contribution in [-0.2, 0) is 11.3 Å². The summed E-state index contributed by atoms with van der Waals surface area (Å²) in [4.78, 5) is 20.9. The van der Waals surface area contributed by atoms with Crippen LogP contribution in [0.5, 0.6) is 0 Å². The number of nitrogens with one attached hydrogen (secondary N) is 1. The van der Waals surface area contributed by atoms with Gasteiger partial charge in [0, 0.05) is 38.3 Å². The fourth-order valence-corrected chi connectivity index (χ4v) is 4.10. The lowest BCUT2D eigenvalue weighted by Gasteiger charge is -2.58. The molecule has 0 aliphatic carbocycles. The largest absolute Gasteiger partial charge is 0.376 e. The fourth-order valence-electron chi connectivity index (χ4n) is 4.10. The van der Waals surface area contributed by atoms with Crippen LogP contribution in [0, 0.1) is 5.92 Å². The summed E-state index contributed by atoms with van der Waals surface area (Å²) in [5.74, 6) is 0.573. The SMILES string of the molecule is CN1CC[C@H](COCc2cccnc2)CC12CN(C(=O)c1ccn[nH]1)C2. The zero-order valence-electron chi connectivity index (χ0n) is 15.1. The quantitative estimate of drug-likeness (QED) is 0.881. The molecule has 1 atom stereocenters. The van der Waals surface area contributed by atoms with Crippen molar-refractivity contribution in [2.75, 3.05) is 33.3 Å². The van der Waals surface area contributed by atoms with Gasteiger partial charge in [-0.15, -0.1) is 0 Å². The molecule has 2 aliphatic rings. The first kappa shape index (κ1) is 17.2. The lowest BCUT2D eigenvalue weighted by atomic mass is 9.75. The molecular formula is C19H25N5O2. The molecule has 26 heavy (non-hydrogen) atoms. The van der Waals surface area contributed by atoms with Gasteiger partial charge in [0.25, 0.3) is 5.91 Å². The molecule has 0 saturated carbocycles. The first-order chi connectivity index (χ1) is 12.7. The van der Waals surface area contributed by atoms with E-state index in [1.807, 2.05) is 23.2 Å². The monoisotopic (exact) mass is 355 g/mol. The molecule has 0 bridgehead atoms. The molecule has 4 rings (SSSR count). The zero-order chi connectivity index (χ0) is 18.0. The van der Waals surface area contributed by atoms with Crippen molar-refractivity contribution in [3.8, 4) is 0 Å². The number of aromatic amines is 1. The lowest BCUT2D eigenvalue weighted by molar-refractivity contribution is -0.0769. The van der Waals surface area contributed by atoms with E-state index in [1.165, 1.54) is 0 Å². The molecule has 2 saturated heterocycles. The Bertz CT molecular complexity index is 728. The van der Waals surface area contributed by atoms with E-state index in [9.17, 15) is 4.79 Å². The van der Waals surface area contributed by atoms with Gasteiger partial charge >= 0.3 is 0 Å². The van der Waals surface area contributed by atoms with Gasteiger partial charge in [0.15, 0.2) is 0 Å². The number of hydrogen-bond donors (Lipinski definition) is 1. The second-order valence-electron chi connectivity index (χ2n) is 7.51. The Hall–Kier alpha value is -2.25. The summed E-state index contributed by atoms with van der Waals surface area (Å²) in [6, 6.07) is 5.70. The number of piperidine rings is 1. The predicted molar refractivity (Wildman–Crippen MR) is 96.5 cm³/mol. The van der Waals surface area contributed by atoms with Crippen molar-refractivity contribution in [1.82, 2.24) is 25.0 Å². The van der Waals surface area contributed by atoms with Crippen LogP contribution in [0.3, 0.4) is 0 Å². The molecular weight excluding hydrogens is 330 g/mol. The summed E-state index contributed by atoms with van der Waals surface area (Å²) in [5, 5.41) is 6.63. The van der Waals surface area contributed by atoms with Crippen LogP contribution < -0.4 is 0 Å². The highest BCUT2D eigenvalue weighted by Crippen LogP contribution is 2.38. The minimum atomic E-state index is 0.0384. The van der Waals surface area contributed by atoms with E-state index in [-0.39, 0.29) is 11.4 Å². The number of pyridine rings is 1. The van der Waals surface area contributed by atoms with E-state index in [1.54, 1.807) is 18.5 Å². The summed E-state index contributed by atoms with van der Waals surface area (Å²) in [6.45, 7) is 3.98. The van der Waals surface area contributed by atoms with Crippen LogP contribution in [0.25, 0.3) is 0 Å². The van der Waals surface area contributed by atoms with Crippen LogP contribution in [0.1, 0.15) is 28.9 Å². The third kappa shape index (κ3) is 3.37. The van der Waals surface area contributed by atoms with E-state index >= 15 is 0 Å². The molecule has 138 valence electrons. The molecule has 1 spiro atoms. The number of carbonyl (C=O) groups is 1. The van der Waals surface area contributed by atoms with Gasteiger partial charge in [0.1, 0.15) is 5.69 Å². The predicted octanol–water partition coefficient (Wildman–Crippen LogP) is 1.56. The summed E-state index contributed by atoms with van der Waals surface area (Å²) < 4.78 is 5.94. The smallest absolute Gasteiger partial charge is 0.271 e. The summed E-state index contributed by atoms with van der Waals surface area (Å²) in [7, 11) is 2.17. The third-order valence-corrected chi connectivity index (χ3v) is 5.68. The molecule has 0 aromatic carbocycles. The van der Waals surface area contributed by atoms with E-state index in [0.717, 1.165) is 44.6 Å². The van der Waals surface area contributed by atoms with Crippen LogP contribution in [0.15, 0.2) is 36.8 Å². The van der Waals surface area contributed by atoms with Crippen molar-refractivity contribution in [1.29, 1.82) is 0 Å². The van der Waals surface area contributed by atoms with Crippen molar-refractivity contribution in [2.24, 2.45) is 5.92 Å². The highest BCUT2D eigenvalue weighted by atomic mass is 16.5. The van der Waals surface area contributed by atoms with Gasteiger partial charge < -0.3 is 9.64 Å². The first-order valence-electron chi connectivity index (χ1n) is 9.13. The van der Waals surface area contributed by atoms with E-state index in [0.29, 0.717) is 18.2 Å². The highest BCUT2D eigenvalue weighted by molar-refractivity contribution is 5.93. The van der Waals surface area contributed by atoms with Gasteiger partial charge in [-0.2, -0.15) is 5.10 Å². The number of nitrogens with zero attached hydrogens (tertiary/aromatic N) is 4. The Balaban J connectivity index is 1.29. The van der Waals surface area contributed by atoms with E-state index in [4.69, 9.17) is 4.74 Å². The Morgan fingerprint density at radius 2 is 2.27 bits per heavy atom. The molecule has 7 heteroatoms. The van der Waals surface area contributed by atoms with Gasteiger partial charge in [-0.1, -0.05) is 6.07 Å². The molecule has 4 heterocycles. The van der Waals surface area contributed by atoms with Crippen LogP contribution in [0.2, 0.25) is 0 Å². The Kier molecular flexibility index (Phi) is 4.74. The van der Waals surface area contributed by atoms with Gasteiger partial charge in [-0.05, 0) is 50.0 Å².